The zero-order valence-electron chi connectivity index (χ0n) is 10.9. The molecule has 5 nitrogen and oxygen atoms in total. The summed E-state index contributed by atoms with van der Waals surface area (Å²) in [4.78, 5) is 17.9. The number of urea groups is 1. The molecule has 0 saturated carbocycles. The Labute approximate surface area is 116 Å². The number of thiazole rings is 1. The van der Waals surface area contributed by atoms with Crippen molar-refractivity contribution in [2.75, 3.05) is 18.1 Å². The number of benzene rings is 1. The number of hydrogen-bond acceptors (Lipinski definition) is 4. The Morgan fingerprint density at radius 1 is 1.53 bits per heavy atom. The van der Waals surface area contributed by atoms with Gasteiger partial charge in [0.05, 0.1) is 17.2 Å². The molecule has 1 heterocycles. The second-order valence-corrected chi connectivity index (χ2v) is 5.33. The van der Waals surface area contributed by atoms with Gasteiger partial charge >= 0.3 is 6.03 Å². The maximum absolute atomic E-state index is 12.0. The van der Waals surface area contributed by atoms with Crippen molar-refractivity contribution in [2.45, 2.75) is 13.5 Å². The summed E-state index contributed by atoms with van der Waals surface area (Å²) in [5, 5.41) is 5.75. The molecule has 0 saturated heterocycles. The Hall–Kier alpha value is -2.08. The number of nitrogen functional groups attached to an aromatic ring is 1. The molecule has 1 aromatic carbocycles. The summed E-state index contributed by atoms with van der Waals surface area (Å²) in [5.41, 5.74) is 7.87. The third kappa shape index (κ3) is 3.69. The van der Waals surface area contributed by atoms with Crippen molar-refractivity contribution in [1.29, 1.82) is 0 Å². The van der Waals surface area contributed by atoms with E-state index < -0.39 is 0 Å². The number of hydrogen-bond donors (Lipinski definition) is 2. The number of carbonyl (C=O) groups is 1. The van der Waals surface area contributed by atoms with Crippen LogP contribution in [0.15, 0.2) is 29.6 Å². The molecule has 0 fully saturated rings. The van der Waals surface area contributed by atoms with Crippen LogP contribution in [0.2, 0.25) is 0 Å². The molecule has 3 N–H and O–H groups in total. The predicted octanol–water partition coefficient (Wildman–Crippen LogP) is 2.70. The van der Waals surface area contributed by atoms with Crippen LogP contribution >= 0.6 is 11.3 Å². The van der Waals surface area contributed by atoms with E-state index >= 15 is 0 Å². The molecular weight excluding hydrogens is 260 g/mol. The van der Waals surface area contributed by atoms with Crippen molar-refractivity contribution in [3.8, 4) is 0 Å². The first-order chi connectivity index (χ1) is 9.04. The van der Waals surface area contributed by atoms with E-state index in [2.05, 4.69) is 10.3 Å². The number of nitrogens with zero attached hydrogens (tertiary/aromatic N) is 2. The highest BCUT2D eigenvalue weighted by atomic mass is 32.1. The molecule has 0 aliphatic carbocycles. The molecule has 6 heteroatoms. The van der Waals surface area contributed by atoms with Crippen LogP contribution in [0.25, 0.3) is 0 Å². The lowest BCUT2D eigenvalue weighted by molar-refractivity contribution is 0.220. The quantitative estimate of drug-likeness (QED) is 0.847. The molecule has 100 valence electrons. The van der Waals surface area contributed by atoms with Gasteiger partial charge in [0.15, 0.2) is 0 Å². The summed E-state index contributed by atoms with van der Waals surface area (Å²) in [7, 11) is 1.73. The van der Waals surface area contributed by atoms with Crippen molar-refractivity contribution >= 4 is 28.7 Å². The topological polar surface area (TPSA) is 71.2 Å². The van der Waals surface area contributed by atoms with Crippen molar-refractivity contribution in [3.05, 3.63) is 40.3 Å². The van der Waals surface area contributed by atoms with Gasteiger partial charge in [0, 0.05) is 23.8 Å². The van der Waals surface area contributed by atoms with E-state index in [1.807, 2.05) is 12.3 Å². The van der Waals surface area contributed by atoms with Crippen LogP contribution in [0.1, 0.15) is 10.7 Å². The fourth-order valence-electron chi connectivity index (χ4n) is 1.63. The van der Waals surface area contributed by atoms with Crippen LogP contribution in [0, 0.1) is 6.92 Å². The van der Waals surface area contributed by atoms with Crippen LogP contribution in [-0.2, 0) is 6.54 Å². The van der Waals surface area contributed by atoms with E-state index in [-0.39, 0.29) is 6.03 Å². The smallest absolute Gasteiger partial charge is 0.321 e. The number of rotatable bonds is 3. The number of aryl methyl sites for hydroxylation is 1. The van der Waals surface area contributed by atoms with Gasteiger partial charge in [-0.3, -0.25) is 0 Å². The summed E-state index contributed by atoms with van der Waals surface area (Å²) in [6.45, 7) is 2.43. The monoisotopic (exact) mass is 276 g/mol. The van der Waals surface area contributed by atoms with Gasteiger partial charge in [-0.05, 0) is 25.1 Å². The van der Waals surface area contributed by atoms with E-state index in [0.29, 0.717) is 17.9 Å². The third-order valence-corrected chi connectivity index (χ3v) is 3.37. The van der Waals surface area contributed by atoms with Gasteiger partial charge in [-0.1, -0.05) is 6.07 Å². The van der Waals surface area contributed by atoms with Crippen molar-refractivity contribution < 1.29 is 4.79 Å². The van der Waals surface area contributed by atoms with E-state index in [0.717, 1.165) is 10.7 Å². The Balaban J connectivity index is 1.96. The fourth-order valence-corrected chi connectivity index (χ4v) is 2.23. The molecule has 0 aliphatic rings. The normalized spacial score (nSPS) is 10.2. The predicted molar refractivity (Wildman–Crippen MR) is 78.2 cm³/mol. The number of nitrogens with one attached hydrogen (secondary N) is 1. The molecule has 1 aromatic heterocycles. The van der Waals surface area contributed by atoms with Crippen LogP contribution in [-0.4, -0.2) is 23.0 Å². The Morgan fingerprint density at radius 2 is 2.32 bits per heavy atom. The Morgan fingerprint density at radius 3 is 2.95 bits per heavy atom. The first-order valence-electron chi connectivity index (χ1n) is 5.83. The van der Waals surface area contributed by atoms with Crippen LogP contribution in [0.4, 0.5) is 16.2 Å². The molecular formula is C13H16N4OS. The first-order valence-corrected chi connectivity index (χ1v) is 6.71. The molecule has 2 aromatic rings. The lowest BCUT2D eigenvalue weighted by Crippen LogP contribution is -2.30. The molecule has 19 heavy (non-hydrogen) atoms. The summed E-state index contributed by atoms with van der Waals surface area (Å²) in [6.07, 6.45) is 0. The largest absolute Gasteiger partial charge is 0.399 e. The first kappa shape index (κ1) is 13.4. The third-order valence-electron chi connectivity index (χ3n) is 2.55. The number of amides is 2. The molecule has 2 rings (SSSR count). The lowest BCUT2D eigenvalue weighted by Gasteiger charge is -2.17. The summed E-state index contributed by atoms with van der Waals surface area (Å²) >= 11 is 1.58. The second-order valence-electron chi connectivity index (χ2n) is 4.27. The summed E-state index contributed by atoms with van der Waals surface area (Å²) < 4.78 is 0. The van der Waals surface area contributed by atoms with Crippen LogP contribution in [0.3, 0.4) is 0 Å². The maximum Gasteiger partial charge on any atom is 0.321 e. The van der Waals surface area contributed by atoms with Gasteiger partial charge in [0.1, 0.15) is 0 Å². The van der Waals surface area contributed by atoms with Gasteiger partial charge in [-0.15, -0.1) is 11.3 Å². The van der Waals surface area contributed by atoms with Crippen molar-refractivity contribution in [2.24, 2.45) is 0 Å². The van der Waals surface area contributed by atoms with Gasteiger partial charge in [-0.25, -0.2) is 9.78 Å². The van der Waals surface area contributed by atoms with Gasteiger partial charge in [0.2, 0.25) is 0 Å². The molecule has 0 atom stereocenters. The fraction of sp³-hybridized carbons (Fsp3) is 0.231. The van der Waals surface area contributed by atoms with Gasteiger partial charge in [0.25, 0.3) is 0 Å². The number of nitrogens with two attached hydrogens (primary N) is 1. The molecule has 0 radical (unpaired) electrons. The molecule has 2 amide bonds. The van der Waals surface area contributed by atoms with E-state index in [1.165, 1.54) is 0 Å². The average Bonchev–Trinajstić information content (AvgIpc) is 2.74. The van der Waals surface area contributed by atoms with Crippen LogP contribution in [0.5, 0.6) is 0 Å². The minimum atomic E-state index is -0.184. The Kier molecular flexibility index (Phi) is 4.01. The van der Waals surface area contributed by atoms with Gasteiger partial charge < -0.3 is 16.0 Å². The SMILES string of the molecule is Cc1nc(CN(C)C(=O)Nc2cccc(N)c2)cs1. The number of anilines is 2. The van der Waals surface area contributed by atoms with Crippen molar-refractivity contribution in [3.63, 3.8) is 0 Å². The summed E-state index contributed by atoms with van der Waals surface area (Å²) in [5.74, 6) is 0. The molecule has 0 unspecified atom stereocenters. The minimum Gasteiger partial charge on any atom is -0.399 e. The highest BCUT2D eigenvalue weighted by Gasteiger charge is 2.10. The second kappa shape index (κ2) is 5.71. The highest BCUT2D eigenvalue weighted by Crippen LogP contribution is 2.14. The molecule has 0 bridgehead atoms. The molecule has 0 aliphatic heterocycles. The zero-order chi connectivity index (χ0) is 13.8. The maximum atomic E-state index is 12.0. The highest BCUT2D eigenvalue weighted by molar-refractivity contribution is 7.09. The van der Waals surface area contributed by atoms with Crippen LogP contribution < -0.4 is 11.1 Å². The average molecular weight is 276 g/mol. The summed E-state index contributed by atoms with van der Waals surface area (Å²) in [6, 6.07) is 6.91. The Bertz CT molecular complexity index is 582. The lowest BCUT2D eigenvalue weighted by atomic mass is 10.3. The molecule has 0 spiro atoms. The van der Waals surface area contributed by atoms with Gasteiger partial charge in [-0.2, -0.15) is 0 Å². The standard InChI is InChI=1S/C13H16N4OS/c1-9-15-12(8-19-9)7-17(2)13(18)16-11-5-3-4-10(14)6-11/h3-6,8H,7,14H2,1-2H3,(H,16,18). The number of aromatic nitrogens is 1. The number of carbonyl (C=O) groups excluding carboxylic acids is 1. The van der Waals surface area contributed by atoms with Crippen molar-refractivity contribution in [1.82, 2.24) is 9.88 Å². The minimum absolute atomic E-state index is 0.184. The van der Waals surface area contributed by atoms with E-state index in [1.54, 1.807) is 47.5 Å². The van der Waals surface area contributed by atoms with E-state index in [9.17, 15) is 4.79 Å². The van der Waals surface area contributed by atoms with E-state index in [4.69, 9.17) is 5.73 Å². The zero-order valence-corrected chi connectivity index (χ0v) is 11.7.